The third-order valence-electron chi connectivity index (χ3n) is 2.92. The average molecular weight is 280 g/mol. The normalized spacial score (nSPS) is 12.2. The Labute approximate surface area is 117 Å². The Bertz CT molecular complexity index is 574. The third-order valence-corrected chi connectivity index (χ3v) is 3.21. The number of halogens is 2. The Hall–Kier alpha value is -1.58. The number of hydrogen-bond acceptors (Lipinski definition) is 2. The second-order valence-electron chi connectivity index (χ2n) is 4.27. The molecule has 0 amide bonds. The summed E-state index contributed by atoms with van der Waals surface area (Å²) in [5.74, 6) is 0.0410. The van der Waals surface area contributed by atoms with Crippen LogP contribution in [0.3, 0.4) is 0 Å². The lowest BCUT2D eigenvalue weighted by atomic mass is 10.0. The van der Waals surface area contributed by atoms with Gasteiger partial charge in [0.05, 0.1) is 5.02 Å². The first-order valence-electron chi connectivity index (χ1n) is 5.99. The summed E-state index contributed by atoms with van der Waals surface area (Å²) in [5, 5.41) is 0.0399. The summed E-state index contributed by atoms with van der Waals surface area (Å²) >= 11 is 5.73. The lowest BCUT2D eigenvalue weighted by molar-refractivity contribution is 0.213. The van der Waals surface area contributed by atoms with E-state index in [1.165, 1.54) is 12.1 Å². The number of benzene rings is 2. The van der Waals surface area contributed by atoms with Crippen LogP contribution in [0.15, 0.2) is 42.5 Å². The maximum Gasteiger partial charge on any atom is 0.142 e. The first kappa shape index (κ1) is 13.8. The number of nitrogens with two attached hydrogens (primary N) is 1. The molecule has 0 bridgehead atoms. The lowest BCUT2D eigenvalue weighted by Gasteiger charge is -2.19. The van der Waals surface area contributed by atoms with Gasteiger partial charge in [0.15, 0.2) is 0 Å². The van der Waals surface area contributed by atoms with Crippen LogP contribution in [0.25, 0.3) is 0 Å². The molecule has 1 unspecified atom stereocenters. The minimum absolute atomic E-state index is 0.0399. The van der Waals surface area contributed by atoms with Crippen LogP contribution in [0.4, 0.5) is 4.39 Å². The molecule has 100 valence electrons. The Balaban J connectivity index is 2.24. The summed E-state index contributed by atoms with van der Waals surface area (Å²) in [5.41, 5.74) is 7.88. The Kier molecular flexibility index (Phi) is 4.40. The van der Waals surface area contributed by atoms with E-state index < -0.39 is 5.82 Å². The van der Waals surface area contributed by atoms with Crippen LogP contribution in [0, 0.1) is 12.7 Å². The fourth-order valence-electron chi connectivity index (χ4n) is 1.90. The van der Waals surface area contributed by atoms with Gasteiger partial charge in [-0.15, -0.1) is 0 Å². The van der Waals surface area contributed by atoms with Crippen molar-refractivity contribution in [2.24, 2.45) is 5.73 Å². The van der Waals surface area contributed by atoms with Crippen molar-refractivity contribution >= 4 is 11.6 Å². The fourth-order valence-corrected chi connectivity index (χ4v) is 2.07. The van der Waals surface area contributed by atoms with Gasteiger partial charge < -0.3 is 10.5 Å². The van der Waals surface area contributed by atoms with Crippen molar-refractivity contribution in [1.82, 2.24) is 0 Å². The molecule has 0 aliphatic carbocycles. The van der Waals surface area contributed by atoms with Gasteiger partial charge in [0.25, 0.3) is 0 Å². The quantitative estimate of drug-likeness (QED) is 0.922. The highest BCUT2D eigenvalue weighted by molar-refractivity contribution is 6.30. The number of hydrogen-bond donors (Lipinski definition) is 1. The van der Waals surface area contributed by atoms with Crippen LogP contribution in [0.2, 0.25) is 5.02 Å². The number of aryl methyl sites for hydroxylation is 1. The predicted molar refractivity (Wildman–Crippen MR) is 75.0 cm³/mol. The molecule has 0 aromatic heterocycles. The minimum Gasteiger partial charge on any atom is -0.484 e. The van der Waals surface area contributed by atoms with Gasteiger partial charge >= 0.3 is 0 Å². The summed E-state index contributed by atoms with van der Waals surface area (Å²) in [6.45, 7) is 2.33. The highest BCUT2D eigenvalue weighted by Gasteiger charge is 2.14. The summed E-state index contributed by atoms with van der Waals surface area (Å²) in [7, 11) is 0. The summed E-state index contributed by atoms with van der Waals surface area (Å²) in [4.78, 5) is 0. The third kappa shape index (κ3) is 3.25. The number of rotatable bonds is 4. The molecule has 2 aromatic carbocycles. The van der Waals surface area contributed by atoms with E-state index in [0.29, 0.717) is 12.3 Å². The predicted octanol–water partition coefficient (Wildman–Crippen LogP) is 3.87. The van der Waals surface area contributed by atoms with Gasteiger partial charge in [0, 0.05) is 12.6 Å². The van der Waals surface area contributed by atoms with Crippen LogP contribution in [0.1, 0.15) is 17.2 Å². The Morgan fingerprint density at radius 2 is 2.00 bits per heavy atom. The second-order valence-corrected chi connectivity index (χ2v) is 4.68. The molecular formula is C15H15ClFNO. The van der Waals surface area contributed by atoms with Crippen molar-refractivity contribution in [1.29, 1.82) is 0 Å². The van der Waals surface area contributed by atoms with Crippen molar-refractivity contribution in [2.75, 3.05) is 6.54 Å². The summed E-state index contributed by atoms with van der Waals surface area (Å²) in [6.07, 6.45) is -0.275. The average Bonchev–Trinajstić information content (AvgIpc) is 2.41. The van der Waals surface area contributed by atoms with E-state index in [-0.39, 0.29) is 11.1 Å². The Morgan fingerprint density at radius 1 is 1.26 bits per heavy atom. The molecule has 0 heterocycles. The van der Waals surface area contributed by atoms with Gasteiger partial charge in [-0.1, -0.05) is 35.9 Å². The first-order valence-corrected chi connectivity index (χ1v) is 6.37. The standard InChI is InChI=1S/C15H15ClFNO/c1-10-4-2-3-5-12(10)15(9-18)19-11-6-7-14(17)13(16)8-11/h2-8,15H,9,18H2,1H3. The van der Waals surface area contributed by atoms with Crippen molar-refractivity contribution in [3.63, 3.8) is 0 Å². The van der Waals surface area contributed by atoms with Gasteiger partial charge in [-0.2, -0.15) is 0 Å². The molecule has 2 N–H and O–H groups in total. The van der Waals surface area contributed by atoms with E-state index in [1.54, 1.807) is 6.07 Å². The van der Waals surface area contributed by atoms with E-state index in [2.05, 4.69) is 0 Å². The molecule has 1 atom stereocenters. The maximum atomic E-state index is 13.1. The van der Waals surface area contributed by atoms with Crippen LogP contribution < -0.4 is 10.5 Å². The molecule has 2 aromatic rings. The first-order chi connectivity index (χ1) is 9.11. The fraction of sp³-hybridized carbons (Fsp3) is 0.200. The van der Waals surface area contributed by atoms with E-state index in [1.807, 2.05) is 31.2 Å². The monoisotopic (exact) mass is 279 g/mol. The van der Waals surface area contributed by atoms with Crippen LogP contribution in [0.5, 0.6) is 5.75 Å². The second kappa shape index (κ2) is 6.04. The molecular weight excluding hydrogens is 265 g/mol. The molecule has 2 nitrogen and oxygen atoms in total. The highest BCUT2D eigenvalue weighted by atomic mass is 35.5. The molecule has 0 saturated carbocycles. The van der Waals surface area contributed by atoms with Crippen molar-refractivity contribution in [3.05, 3.63) is 64.4 Å². The SMILES string of the molecule is Cc1ccccc1C(CN)Oc1ccc(F)c(Cl)c1. The van der Waals surface area contributed by atoms with Crippen molar-refractivity contribution in [2.45, 2.75) is 13.0 Å². The van der Waals surface area contributed by atoms with Crippen LogP contribution in [-0.2, 0) is 0 Å². The smallest absolute Gasteiger partial charge is 0.142 e. The van der Waals surface area contributed by atoms with E-state index in [9.17, 15) is 4.39 Å². The molecule has 4 heteroatoms. The Morgan fingerprint density at radius 3 is 2.63 bits per heavy atom. The maximum absolute atomic E-state index is 13.1. The molecule has 0 spiro atoms. The molecule has 0 aliphatic heterocycles. The van der Waals surface area contributed by atoms with Gasteiger partial charge in [0.1, 0.15) is 17.7 Å². The zero-order valence-corrected chi connectivity index (χ0v) is 11.3. The molecule has 19 heavy (non-hydrogen) atoms. The van der Waals surface area contributed by atoms with Gasteiger partial charge in [-0.05, 0) is 30.2 Å². The topological polar surface area (TPSA) is 35.2 Å². The molecule has 0 saturated heterocycles. The summed E-state index contributed by atoms with van der Waals surface area (Å²) < 4.78 is 18.9. The van der Waals surface area contributed by atoms with E-state index >= 15 is 0 Å². The number of ether oxygens (including phenoxy) is 1. The van der Waals surface area contributed by atoms with Crippen molar-refractivity contribution in [3.8, 4) is 5.75 Å². The molecule has 0 fully saturated rings. The molecule has 2 rings (SSSR count). The highest BCUT2D eigenvalue weighted by Crippen LogP contribution is 2.27. The van der Waals surface area contributed by atoms with Crippen LogP contribution in [-0.4, -0.2) is 6.54 Å². The van der Waals surface area contributed by atoms with Crippen LogP contribution >= 0.6 is 11.6 Å². The zero-order valence-electron chi connectivity index (χ0n) is 10.6. The minimum atomic E-state index is -0.464. The van der Waals surface area contributed by atoms with E-state index in [4.69, 9.17) is 22.1 Å². The lowest BCUT2D eigenvalue weighted by Crippen LogP contribution is -2.19. The largest absolute Gasteiger partial charge is 0.484 e. The van der Waals surface area contributed by atoms with Gasteiger partial charge in [0.2, 0.25) is 0 Å². The van der Waals surface area contributed by atoms with Crippen molar-refractivity contribution < 1.29 is 9.13 Å². The summed E-state index contributed by atoms with van der Waals surface area (Å²) in [6, 6.07) is 12.1. The van der Waals surface area contributed by atoms with Gasteiger partial charge in [-0.3, -0.25) is 0 Å². The van der Waals surface area contributed by atoms with Gasteiger partial charge in [-0.25, -0.2) is 4.39 Å². The molecule has 0 aliphatic rings. The van der Waals surface area contributed by atoms with E-state index in [0.717, 1.165) is 11.1 Å². The molecule has 0 radical (unpaired) electrons. The zero-order chi connectivity index (χ0) is 13.8.